The van der Waals surface area contributed by atoms with E-state index in [2.05, 4.69) is 4.72 Å². The molecule has 3 aliphatic rings. The molecular formula is C14H19N3O4S2. The van der Waals surface area contributed by atoms with Crippen molar-refractivity contribution >= 4 is 33.2 Å². The van der Waals surface area contributed by atoms with Gasteiger partial charge in [-0.25, -0.2) is 13.1 Å². The van der Waals surface area contributed by atoms with Gasteiger partial charge in [0.25, 0.3) is 10.0 Å². The molecule has 1 aromatic rings. The lowest BCUT2D eigenvalue weighted by molar-refractivity contribution is -0.138. The van der Waals surface area contributed by atoms with Crippen molar-refractivity contribution in [1.82, 2.24) is 14.5 Å². The lowest BCUT2D eigenvalue weighted by Crippen LogP contribution is -2.46. The number of nitrogens with one attached hydrogen (secondary N) is 1. The van der Waals surface area contributed by atoms with Crippen molar-refractivity contribution in [3.05, 3.63) is 17.5 Å². The van der Waals surface area contributed by atoms with E-state index in [1.165, 1.54) is 6.07 Å². The summed E-state index contributed by atoms with van der Waals surface area (Å²) in [5.74, 6) is -0.377. The molecule has 7 nitrogen and oxygen atoms in total. The Labute approximate surface area is 139 Å². The van der Waals surface area contributed by atoms with Gasteiger partial charge in [-0.3, -0.25) is 9.59 Å². The molecule has 3 fully saturated rings. The standard InChI is InChI=1S/C14H19N3O4S2/c1-16-11-5-4-10(14(16)19)8-17(9-11)12(18)7-15-23(20,21)13-3-2-6-22-13/h2-3,6,10-11,15H,4-5,7-9H2,1H3/t10-,11+/m0/s1. The van der Waals surface area contributed by atoms with E-state index in [4.69, 9.17) is 0 Å². The highest BCUT2D eigenvalue weighted by molar-refractivity contribution is 7.91. The quantitative estimate of drug-likeness (QED) is 0.828. The summed E-state index contributed by atoms with van der Waals surface area (Å²) in [5, 5.41) is 1.67. The van der Waals surface area contributed by atoms with E-state index < -0.39 is 10.0 Å². The van der Waals surface area contributed by atoms with Crippen LogP contribution in [0, 0.1) is 5.92 Å². The molecule has 0 saturated carbocycles. The monoisotopic (exact) mass is 357 g/mol. The van der Waals surface area contributed by atoms with Gasteiger partial charge in [-0.15, -0.1) is 11.3 Å². The third-order valence-electron chi connectivity index (χ3n) is 4.49. The van der Waals surface area contributed by atoms with Crippen LogP contribution < -0.4 is 4.72 Å². The smallest absolute Gasteiger partial charge is 0.250 e. The highest BCUT2D eigenvalue weighted by atomic mass is 32.2. The SMILES string of the molecule is CN1C(=O)[C@H]2CC[C@@H]1CN(C(=O)CNS(=O)(=O)c1cccs1)C2. The van der Waals surface area contributed by atoms with Crippen LogP contribution in [0.4, 0.5) is 0 Å². The summed E-state index contributed by atoms with van der Waals surface area (Å²) in [6.07, 6.45) is 1.68. The normalized spacial score (nSPS) is 24.8. The van der Waals surface area contributed by atoms with E-state index in [-0.39, 0.29) is 34.5 Å². The molecule has 9 heteroatoms. The third kappa shape index (κ3) is 3.26. The van der Waals surface area contributed by atoms with Crippen LogP contribution in [0.15, 0.2) is 21.7 Å². The van der Waals surface area contributed by atoms with Gasteiger partial charge in [0.15, 0.2) is 0 Å². The molecule has 3 saturated heterocycles. The highest BCUT2D eigenvalue weighted by Gasteiger charge is 2.40. The number of hydrogen-bond donors (Lipinski definition) is 1. The summed E-state index contributed by atoms with van der Waals surface area (Å²) in [7, 11) is -1.88. The van der Waals surface area contributed by atoms with Crippen LogP contribution in [0.25, 0.3) is 0 Å². The van der Waals surface area contributed by atoms with Gasteiger partial charge in [-0.05, 0) is 24.3 Å². The Kier molecular flexibility index (Phi) is 4.43. The summed E-state index contributed by atoms with van der Waals surface area (Å²) in [6.45, 7) is 0.565. The topological polar surface area (TPSA) is 86.8 Å². The minimum absolute atomic E-state index is 0.0269. The van der Waals surface area contributed by atoms with Crippen molar-refractivity contribution in [1.29, 1.82) is 0 Å². The summed E-state index contributed by atoms with van der Waals surface area (Å²) < 4.78 is 26.7. The number of rotatable bonds is 4. The number of fused-ring (bicyclic) bond motifs is 4. The number of nitrogens with zero attached hydrogens (tertiary/aromatic N) is 2. The molecule has 126 valence electrons. The van der Waals surface area contributed by atoms with E-state index in [9.17, 15) is 18.0 Å². The molecule has 0 spiro atoms. The Morgan fingerprint density at radius 1 is 1.39 bits per heavy atom. The number of sulfonamides is 1. The largest absolute Gasteiger partial charge is 0.341 e. The molecule has 0 radical (unpaired) electrons. The Bertz CT molecular complexity index is 702. The first-order valence-corrected chi connectivity index (χ1v) is 9.82. The number of thiophene rings is 1. The maximum Gasteiger partial charge on any atom is 0.250 e. The number of hydrogen-bond acceptors (Lipinski definition) is 5. The predicted octanol–water partition coefficient (Wildman–Crippen LogP) is 0.106. The van der Waals surface area contributed by atoms with Crippen LogP contribution in [-0.4, -0.2) is 62.8 Å². The lowest BCUT2D eigenvalue weighted by Gasteiger charge is -2.32. The van der Waals surface area contributed by atoms with Gasteiger partial charge in [0.05, 0.1) is 12.5 Å². The zero-order valence-electron chi connectivity index (χ0n) is 12.8. The third-order valence-corrected chi connectivity index (χ3v) is 7.29. The van der Waals surface area contributed by atoms with Crippen LogP contribution in [0.2, 0.25) is 0 Å². The summed E-state index contributed by atoms with van der Waals surface area (Å²) in [5.41, 5.74) is 0. The van der Waals surface area contributed by atoms with E-state index in [1.54, 1.807) is 28.3 Å². The van der Waals surface area contributed by atoms with Gasteiger partial charge < -0.3 is 9.80 Å². The molecule has 0 aliphatic carbocycles. The second kappa shape index (κ2) is 6.21. The molecule has 1 aromatic heterocycles. The van der Waals surface area contributed by atoms with Crippen LogP contribution >= 0.6 is 11.3 Å². The average molecular weight is 357 g/mol. The first-order chi connectivity index (χ1) is 10.9. The Morgan fingerprint density at radius 3 is 2.87 bits per heavy atom. The Morgan fingerprint density at radius 2 is 2.17 bits per heavy atom. The Hall–Kier alpha value is -1.45. The van der Waals surface area contributed by atoms with Gasteiger partial charge in [-0.1, -0.05) is 6.07 Å². The second-order valence-electron chi connectivity index (χ2n) is 5.93. The fourth-order valence-electron chi connectivity index (χ4n) is 3.12. The number of carbonyl (C=O) groups excluding carboxylic acids is 2. The first-order valence-electron chi connectivity index (χ1n) is 7.46. The fraction of sp³-hybridized carbons (Fsp3) is 0.571. The zero-order chi connectivity index (χ0) is 16.6. The van der Waals surface area contributed by atoms with Crippen LogP contribution in [0.1, 0.15) is 12.8 Å². The van der Waals surface area contributed by atoms with Gasteiger partial charge in [0, 0.05) is 26.2 Å². The number of carbonyl (C=O) groups is 2. The van der Waals surface area contributed by atoms with Crippen molar-refractivity contribution in [2.45, 2.75) is 23.1 Å². The van der Waals surface area contributed by atoms with Crippen molar-refractivity contribution < 1.29 is 18.0 Å². The van der Waals surface area contributed by atoms with E-state index in [0.717, 1.165) is 24.2 Å². The van der Waals surface area contributed by atoms with Crippen LogP contribution in [0.5, 0.6) is 0 Å². The minimum atomic E-state index is -3.65. The zero-order valence-corrected chi connectivity index (χ0v) is 14.4. The molecule has 2 bridgehead atoms. The van der Waals surface area contributed by atoms with Crippen LogP contribution in [-0.2, 0) is 19.6 Å². The maximum atomic E-state index is 12.4. The van der Waals surface area contributed by atoms with E-state index in [1.807, 2.05) is 0 Å². The molecule has 23 heavy (non-hydrogen) atoms. The first kappa shape index (κ1) is 16.4. The molecular weight excluding hydrogens is 338 g/mol. The molecule has 4 heterocycles. The molecule has 3 aliphatic heterocycles. The molecule has 2 atom stereocenters. The van der Waals surface area contributed by atoms with E-state index in [0.29, 0.717) is 13.1 Å². The molecule has 1 N–H and O–H groups in total. The van der Waals surface area contributed by atoms with Gasteiger partial charge in [0.1, 0.15) is 4.21 Å². The molecule has 2 amide bonds. The highest BCUT2D eigenvalue weighted by Crippen LogP contribution is 2.27. The molecule has 4 rings (SSSR count). The minimum Gasteiger partial charge on any atom is -0.341 e. The summed E-state index contributed by atoms with van der Waals surface area (Å²) in [6, 6.07) is 3.17. The van der Waals surface area contributed by atoms with Gasteiger partial charge >= 0.3 is 0 Å². The van der Waals surface area contributed by atoms with Crippen molar-refractivity contribution in [3.63, 3.8) is 0 Å². The van der Waals surface area contributed by atoms with Gasteiger partial charge in [-0.2, -0.15) is 0 Å². The van der Waals surface area contributed by atoms with Crippen molar-refractivity contribution in [3.8, 4) is 0 Å². The number of likely N-dealkylation sites (N-methyl/N-ethyl adjacent to an activating group) is 1. The average Bonchev–Trinajstić information content (AvgIpc) is 2.94. The van der Waals surface area contributed by atoms with E-state index >= 15 is 0 Å². The second-order valence-corrected chi connectivity index (χ2v) is 8.87. The number of piperidine rings is 1. The van der Waals surface area contributed by atoms with Crippen molar-refractivity contribution in [2.24, 2.45) is 5.92 Å². The summed E-state index contributed by atoms with van der Waals surface area (Å²) >= 11 is 1.11. The van der Waals surface area contributed by atoms with Crippen molar-refractivity contribution in [2.75, 3.05) is 26.7 Å². The lowest BCUT2D eigenvalue weighted by atomic mass is 9.95. The molecule has 0 unspecified atom stereocenters. The Balaban J connectivity index is 1.64. The maximum absolute atomic E-state index is 12.4. The summed E-state index contributed by atoms with van der Waals surface area (Å²) in [4.78, 5) is 27.8. The number of amides is 2. The van der Waals surface area contributed by atoms with Gasteiger partial charge in [0.2, 0.25) is 11.8 Å². The fourth-order valence-corrected chi connectivity index (χ4v) is 5.13. The molecule has 0 aromatic carbocycles. The predicted molar refractivity (Wildman–Crippen MR) is 85.4 cm³/mol. The van der Waals surface area contributed by atoms with Crippen LogP contribution in [0.3, 0.4) is 0 Å².